The van der Waals surface area contributed by atoms with Crippen molar-refractivity contribution in [3.63, 3.8) is 0 Å². The number of carbonyl (C=O) groups excluding carboxylic acids is 1. The second kappa shape index (κ2) is 10.4. The van der Waals surface area contributed by atoms with Crippen LogP contribution in [0.1, 0.15) is 24.1 Å². The van der Waals surface area contributed by atoms with Crippen LogP contribution in [-0.4, -0.2) is 52.0 Å². The van der Waals surface area contributed by atoms with E-state index in [-0.39, 0.29) is 11.9 Å². The lowest BCUT2D eigenvalue weighted by molar-refractivity contribution is -0.118. The number of amides is 1. The lowest BCUT2D eigenvalue weighted by Crippen LogP contribution is -2.35. The molecule has 6 nitrogen and oxygen atoms in total. The number of aryl methyl sites for hydroxylation is 1. The summed E-state index contributed by atoms with van der Waals surface area (Å²) in [5.41, 5.74) is 3.41. The Hall–Kier alpha value is -2.64. The first-order chi connectivity index (χ1) is 14.5. The van der Waals surface area contributed by atoms with Crippen LogP contribution in [-0.2, 0) is 11.3 Å². The fraction of sp³-hybridized carbons (Fsp3) is 0.348. The highest BCUT2D eigenvalue weighted by Crippen LogP contribution is 2.26. The molecule has 0 radical (unpaired) electrons. The smallest absolute Gasteiger partial charge is 0.230 e. The molecule has 1 unspecified atom stereocenters. The van der Waals surface area contributed by atoms with E-state index in [0.717, 1.165) is 28.7 Å². The molecule has 7 heteroatoms. The SMILES string of the molecule is CCn1c(SCC(=O)NCC(c2ccccc2)N(C)C)nnc1-c1ccccc1C. The first kappa shape index (κ1) is 22.1. The second-order valence-corrected chi connectivity index (χ2v) is 8.29. The van der Waals surface area contributed by atoms with Crippen LogP contribution < -0.4 is 5.32 Å². The summed E-state index contributed by atoms with van der Waals surface area (Å²) in [7, 11) is 4.05. The molecular formula is C23H29N5OS. The molecule has 2 aromatic carbocycles. The van der Waals surface area contributed by atoms with Gasteiger partial charge in [0, 0.05) is 18.7 Å². The molecule has 0 bridgehead atoms. The van der Waals surface area contributed by atoms with Gasteiger partial charge in [0.1, 0.15) is 0 Å². The number of nitrogens with zero attached hydrogens (tertiary/aromatic N) is 4. The molecule has 3 aromatic rings. The van der Waals surface area contributed by atoms with Crippen LogP contribution >= 0.6 is 11.8 Å². The third-order valence-electron chi connectivity index (χ3n) is 5.05. The van der Waals surface area contributed by atoms with Gasteiger partial charge in [-0.3, -0.25) is 4.79 Å². The molecule has 1 aromatic heterocycles. The molecule has 0 aliphatic carbocycles. The van der Waals surface area contributed by atoms with Gasteiger partial charge in [-0.25, -0.2) is 0 Å². The number of benzene rings is 2. The maximum atomic E-state index is 12.5. The molecule has 158 valence electrons. The summed E-state index contributed by atoms with van der Waals surface area (Å²) >= 11 is 1.42. The Morgan fingerprint density at radius 1 is 1.10 bits per heavy atom. The fourth-order valence-electron chi connectivity index (χ4n) is 3.37. The summed E-state index contributed by atoms with van der Waals surface area (Å²) in [6.07, 6.45) is 0. The van der Waals surface area contributed by atoms with Crippen LogP contribution in [0.4, 0.5) is 0 Å². The highest BCUT2D eigenvalue weighted by atomic mass is 32.2. The van der Waals surface area contributed by atoms with Crippen LogP contribution in [0.3, 0.4) is 0 Å². The molecule has 1 amide bonds. The summed E-state index contributed by atoms with van der Waals surface area (Å²) in [5.74, 6) is 1.14. The first-order valence-electron chi connectivity index (χ1n) is 10.1. The number of rotatable bonds is 9. The number of hydrogen-bond donors (Lipinski definition) is 1. The first-order valence-corrected chi connectivity index (χ1v) is 11.1. The van der Waals surface area contributed by atoms with Crippen LogP contribution in [0.15, 0.2) is 59.8 Å². The van der Waals surface area contributed by atoms with Gasteiger partial charge in [-0.15, -0.1) is 10.2 Å². The van der Waals surface area contributed by atoms with Crippen molar-refractivity contribution in [3.05, 3.63) is 65.7 Å². The predicted octanol–water partition coefficient (Wildman–Crippen LogP) is 3.78. The van der Waals surface area contributed by atoms with Gasteiger partial charge < -0.3 is 14.8 Å². The van der Waals surface area contributed by atoms with Crippen molar-refractivity contribution in [2.24, 2.45) is 0 Å². The molecule has 0 saturated carbocycles. The van der Waals surface area contributed by atoms with Crippen molar-refractivity contribution < 1.29 is 4.79 Å². The standard InChI is InChI=1S/C23H29N5OS/c1-5-28-22(19-14-10-9-11-17(19)2)25-26-23(28)30-16-21(29)24-15-20(27(3)4)18-12-7-6-8-13-18/h6-14,20H,5,15-16H2,1-4H3,(H,24,29). The number of aromatic nitrogens is 3. The van der Waals surface area contributed by atoms with Crippen molar-refractivity contribution >= 4 is 17.7 Å². The Balaban J connectivity index is 1.62. The summed E-state index contributed by atoms with van der Waals surface area (Å²) < 4.78 is 2.06. The Morgan fingerprint density at radius 3 is 2.47 bits per heavy atom. The number of hydrogen-bond acceptors (Lipinski definition) is 5. The summed E-state index contributed by atoms with van der Waals surface area (Å²) in [4.78, 5) is 14.6. The molecule has 0 aliphatic rings. The van der Waals surface area contributed by atoms with Crippen molar-refractivity contribution in [3.8, 4) is 11.4 Å². The maximum Gasteiger partial charge on any atom is 0.230 e. The molecule has 0 saturated heterocycles. The lowest BCUT2D eigenvalue weighted by atomic mass is 10.1. The van der Waals surface area contributed by atoms with Crippen LogP contribution in [0.25, 0.3) is 11.4 Å². The zero-order valence-corrected chi connectivity index (χ0v) is 18.8. The van der Waals surface area contributed by atoms with E-state index < -0.39 is 0 Å². The average molecular weight is 424 g/mol. The molecule has 30 heavy (non-hydrogen) atoms. The molecule has 1 N–H and O–H groups in total. The minimum absolute atomic E-state index is 0.00845. The highest BCUT2D eigenvalue weighted by molar-refractivity contribution is 7.99. The maximum absolute atomic E-state index is 12.5. The van der Waals surface area contributed by atoms with Crippen molar-refractivity contribution in [1.82, 2.24) is 25.0 Å². The minimum Gasteiger partial charge on any atom is -0.353 e. The summed E-state index contributed by atoms with van der Waals surface area (Å²) in [5, 5.41) is 12.5. The Morgan fingerprint density at radius 2 is 1.80 bits per heavy atom. The van der Waals surface area contributed by atoms with Crippen molar-refractivity contribution in [2.45, 2.75) is 31.6 Å². The predicted molar refractivity (Wildman–Crippen MR) is 122 cm³/mol. The Kier molecular flexibility index (Phi) is 7.65. The Bertz CT molecular complexity index is 971. The van der Waals surface area contributed by atoms with E-state index in [1.165, 1.54) is 17.3 Å². The number of thioether (sulfide) groups is 1. The van der Waals surface area contributed by atoms with Crippen LogP contribution in [0.2, 0.25) is 0 Å². The highest BCUT2D eigenvalue weighted by Gasteiger charge is 2.17. The molecule has 0 fully saturated rings. The van der Waals surface area contributed by atoms with Gasteiger partial charge in [0.15, 0.2) is 11.0 Å². The van der Waals surface area contributed by atoms with E-state index >= 15 is 0 Å². The molecule has 0 aliphatic heterocycles. The minimum atomic E-state index is -0.00845. The third kappa shape index (κ3) is 5.29. The van der Waals surface area contributed by atoms with Gasteiger partial charge >= 0.3 is 0 Å². The van der Waals surface area contributed by atoms with E-state index in [4.69, 9.17) is 0 Å². The van der Waals surface area contributed by atoms with E-state index in [2.05, 4.69) is 63.1 Å². The molecule has 1 heterocycles. The van der Waals surface area contributed by atoms with Gasteiger partial charge in [0.2, 0.25) is 5.91 Å². The third-order valence-corrected chi connectivity index (χ3v) is 6.02. The zero-order valence-electron chi connectivity index (χ0n) is 18.0. The van der Waals surface area contributed by atoms with E-state index in [9.17, 15) is 4.79 Å². The molecule has 0 spiro atoms. The van der Waals surface area contributed by atoms with Gasteiger partial charge in [0.05, 0.1) is 11.8 Å². The largest absolute Gasteiger partial charge is 0.353 e. The Labute approximate surface area is 182 Å². The van der Waals surface area contributed by atoms with Gasteiger partial charge in [-0.2, -0.15) is 0 Å². The topological polar surface area (TPSA) is 63.1 Å². The second-order valence-electron chi connectivity index (χ2n) is 7.35. The number of nitrogens with one attached hydrogen (secondary N) is 1. The summed E-state index contributed by atoms with van der Waals surface area (Å²) in [6.45, 7) is 5.44. The molecule has 3 rings (SSSR count). The van der Waals surface area contributed by atoms with Crippen LogP contribution in [0, 0.1) is 6.92 Å². The van der Waals surface area contributed by atoms with Crippen molar-refractivity contribution in [2.75, 3.05) is 26.4 Å². The van der Waals surface area contributed by atoms with Crippen molar-refractivity contribution in [1.29, 1.82) is 0 Å². The van der Waals surface area contributed by atoms with Gasteiger partial charge in [0.25, 0.3) is 0 Å². The van der Waals surface area contributed by atoms with Crippen LogP contribution in [0.5, 0.6) is 0 Å². The molecule has 1 atom stereocenters. The lowest BCUT2D eigenvalue weighted by Gasteiger charge is -2.25. The normalized spacial score (nSPS) is 12.2. The van der Waals surface area contributed by atoms with E-state index in [1.54, 1.807) is 0 Å². The van der Waals surface area contributed by atoms with Gasteiger partial charge in [-0.1, -0.05) is 66.4 Å². The monoisotopic (exact) mass is 423 g/mol. The number of carbonyl (C=O) groups is 1. The quantitative estimate of drug-likeness (QED) is 0.531. The van der Waals surface area contributed by atoms with Gasteiger partial charge in [-0.05, 0) is 39.1 Å². The molecular weight excluding hydrogens is 394 g/mol. The fourth-order valence-corrected chi connectivity index (χ4v) is 4.20. The zero-order chi connectivity index (χ0) is 21.5. The summed E-state index contributed by atoms with van der Waals surface area (Å²) in [6, 6.07) is 18.5. The van der Waals surface area contributed by atoms with E-state index in [0.29, 0.717) is 12.3 Å². The average Bonchev–Trinajstić information content (AvgIpc) is 3.16. The van der Waals surface area contributed by atoms with E-state index in [1.807, 2.05) is 44.4 Å². The number of likely N-dealkylation sites (N-methyl/N-ethyl adjacent to an activating group) is 1.